The number of carbonyl (C=O) groups excluding carboxylic acids is 3. The van der Waals surface area contributed by atoms with Crippen LogP contribution in [-0.4, -0.2) is 50.3 Å². The highest BCUT2D eigenvalue weighted by Crippen LogP contribution is 2.27. The summed E-state index contributed by atoms with van der Waals surface area (Å²) in [6.45, 7) is 1.25. The monoisotopic (exact) mass is 414 g/mol. The standard InChI is InChI=1S/C21H22N2O5S/c1-3-15-9-7-8-12-18(15)23(29(2,27)28)14-19(24)22-13-17(20(25)21(22)26)16-10-5-4-6-11-16/h4-12,17H,3,13-14H2,1-2H3/t17-/m1/s1. The number of sulfonamides is 1. The SMILES string of the molecule is CCc1ccccc1N(CC(=O)N1C[C@H](c2ccccc2)C(=O)C1=O)S(C)(=O)=O. The summed E-state index contributed by atoms with van der Waals surface area (Å²) < 4.78 is 25.8. The highest BCUT2D eigenvalue weighted by Gasteiger charge is 2.43. The molecule has 1 fully saturated rings. The van der Waals surface area contributed by atoms with Crippen LogP contribution in [0.4, 0.5) is 5.69 Å². The third-order valence-corrected chi connectivity index (χ3v) is 6.09. The molecule has 7 nitrogen and oxygen atoms in total. The lowest BCUT2D eigenvalue weighted by Crippen LogP contribution is -2.44. The van der Waals surface area contributed by atoms with Gasteiger partial charge >= 0.3 is 0 Å². The average molecular weight is 414 g/mol. The van der Waals surface area contributed by atoms with E-state index in [2.05, 4.69) is 0 Å². The van der Waals surface area contributed by atoms with Gasteiger partial charge < -0.3 is 0 Å². The van der Waals surface area contributed by atoms with Crippen LogP contribution in [0.2, 0.25) is 0 Å². The van der Waals surface area contributed by atoms with Crippen LogP contribution in [0.15, 0.2) is 54.6 Å². The van der Waals surface area contributed by atoms with Crippen LogP contribution in [-0.2, 0) is 30.8 Å². The zero-order chi connectivity index (χ0) is 21.2. The molecule has 0 aliphatic carbocycles. The molecule has 0 N–H and O–H groups in total. The van der Waals surface area contributed by atoms with Crippen LogP contribution in [0.3, 0.4) is 0 Å². The van der Waals surface area contributed by atoms with Gasteiger partial charge in [0, 0.05) is 6.54 Å². The van der Waals surface area contributed by atoms with E-state index in [1.54, 1.807) is 54.6 Å². The Kier molecular flexibility index (Phi) is 5.83. The highest BCUT2D eigenvalue weighted by molar-refractivity contribution is 7.92. The Morgan fingerprint density at radius 1 is 1.07 bits per heavy atom. The minimum absolute atomic E-state index is 0.0897. The van der Waals surface area contributed by atoms with E-state index in [9.17, 15) is 22.8 Å². The molecule has 8 heteroatoms. The quantitative estimate of drug-likeness (QED) is 0.672. The second-order valence-corrected chi connectivity index (χ2v) is 8.80. The van der Waals surface area contributed by atoms with Gasteiger partial charge in [0.05, 0.1) is 17.9 Å². The van der Waals surface area contributed by atoms with E-state index in [1.807, 2.05) is 6.92 Å². The molecule has 1 aliphatic rings. The van der Waals surface area contributed by atoms with E-state index in [4.69, 9.17) is 0 Å². The van der Waals surface area contributed by atoms with Gasteiger partial charge in [0.2, 0.25) is 21.7 Å². The van der Waals surface area contributed by atoms with Crippen LogP contribution < -0.4 is 4.31 Å². The van der Waals surface area contributed by atoms with Gasteiger partial charge in [-0.25, -0.2) is 8.42 Å². The van der Waals surface area contributed by atoms with E-state index in [0.29, 0.717) is 17.7 Å². The smallest absolute Gasteiger partial charge is 0.288 e. The van der Waals surface area contributed by atoms with Crippen molar-refractivity contribution < 1.29 is 22.8 Å². The third kappa shape index (κ3) is 4.22. The lowest BCUT2D eigenvalue weighted by molar-refractivity contribution is -0.146. The van der Waals surface area contributed by atoms with Crippen molar-refractivity contribution in [3.63, 3.8) is 0 Å². The zero-order valence-corrected chi connectivity index (χ0v) is 17.1. The lowest BCUT2D eigenvalue weighted by Gasteiger charge is -2.26. The number of para-hydroxylation sites is 1. The molecule has 0 spiro atoms. The first-order chi connectivity index (χ1) is 13.7. The zero-order valence-electron chi connectivity index (χ0n) is 16.2. The molecule has 2 aromatic rings. The first-order valence-corrected chi connectivity index (χ1v) is 11.1. The van der Waals surface area contributed by atoms with Crippen molar-refractivity contribution in [2.24, 2.45) is 0 Å². The Bertz CT molecular complexity index is 1050. The predicted molar refractivity (Wildman–Crippen MR) is 109 cm³/mol. The van der Waals surface area contributed by atoms with Crippen molar-refractivity contribution in [1.29, 1.82) is 0 Å². The van der Waals surface area contributed by atoms with Gasteiger partial charge in [-0.05, 0) is 23.6 Å². The summed E-state index contributed by atoms with van der Waals surface area (Å²) in [5, 5.41) is 0. The maximum absolute atomic E-state index is 12.9. The molecular weight excluding hydrogens is 392 g/mol. The number of anilines is 1. The first-order valence-electron chi connectivity index (χ1n) is 9.23. The fraction of sp³-hybridized carbons (Fsp3) is 0.286. The molecule has 0 saturated carbocycles. The number of imide groups is 1. The highest BCUT2D eigenvalue weighted by atomic mass is 32.2. The van der Waals surface area contributed by atoms with Gasteiger partial charge in [-0.15, -0.1) is 0 Å². The van der Waals surface area contributed by atoms with Crippen molar-refractivity contribution in [3.8, 4) is 0 Å². The molecule has 1 aliphatic heterocycles. The Hall–Kier alpha value is -3.00. The van der Waals surface area contributed by atoms with E-state index >= 15 is 0 Å². The molecule has 152 valence electrons. The van der Waals surface area contributed by atoms with E-state index in [0.717, 1.165) is 21.0 Å². The number of carbonyl (C=O) groups is 3. The minimum Gasteiger partial charge on any atom is -0.288 e. The number of hydrogen-bond donors (Lipinski definition) is 0. The Morgan fingerprint density at radius 2 is 1.69 bits per heavy atom. The largest absolute Gasteiger partial charge is 0.297 e. The molecule has 0 unspecified atom stereocenters. The van der Waals surface area contributed by atoms with Gasteiger partial charge in [0.15, 0.2) is 0 Å². The van der Waals surface area contributed by atoms with E-state index < -0.39 is 40.1 Å². The maximum atomic E-state index is 12.9. The Morgan fingerprint density at radius 3 is 2.31 bits per heavy atom. The molecule has 29 heavy (non-hydrogen) atoms. The van der Waals surface area contributed by atoms with Gasteiger partial charge in [0.1, 0.15) is 6.54 Å². The van der Waals surface area contributed by atoms with E-state index in [-0.39, 0.29) is 6.54 Å². The number of benzene rings is 2. The number of hydrogen-bond acceptors (Lipinski definition) is 5. The van der Waals surface area contributed by atoms with Crippen LogP contribution in [0.5, 0.6) is 0 Å². The van der Waals surface area contributed by atoms with Gasteiger partial charge in [-0.2, -0.15) is 0 Å². The molecule has 0 radical (unpaired) electrons. The molecular formula is C21H22N2O5S. The first kappa shape index (κ1) is 20.7. The number of nitrogens with zero attached hydrogens (tertiary/aromatic N) is 2. The van der Waals surface area contributed by atoms with Crippen LogP contribution in [0, 0.1) is 0 Å². The second kappa shape index (κ2) is 8.16. The fourth-order valence-electron chi connectivity index (χ4n) is 3.43. The van der Waals surface area contributed by atoms with Gasteiger partial charge in [0.25, 0.3) is 5.91 Å². The third-order valence-electron chi connectivity index (χ3n) is 4.96. The average Bonchev–Trinajstić information content (AvgIpc) is 3.01. The van der Waals surface area contributed by atoms with Crippen molar-refractivity contribution in [2.75, 3.05) is 23.7 Å². The van der Waals surface area contributed by atoms with Gasteiger partial charge in [-0.3, -0.25) is 23.6 Å². The molecule has 1 atom stereocenters. The molecule has 0 bridgehead atoms. The Labute approximate surface area is 170 Å². The number of aryl methyl sites for hydroxylation is 1. The fourth-order valence-corrected chi connectivity index (χ4v) is 4.31. The predicted octanol–water partition coefficient (Wildman–Crippen LogP) is 1.74. The van der Waals surface area contributed by atoms with Crippen molar-refractivity contribution in [2.45, 2.75) is 19.3 Å². The molecule has 1 saturated heterocycles. The van der Waals surface area contributed by atoms with Crippen LogP contribution >= 0.6 is 0 Å². The summed E-state index contributed by atoms with van der Waals surface area (Å²) in [6.07, 6.45) is 1.59. The molecule has 0 aromatic heterocycles. The van der Waals surface area contributed by atoms with Crippen molar-refractivity contribution in [1.82, 2.24) is 4.90 Å². The number of amides is 2. The number of Topliss-reactive ketones (excluding diaryl/α,β-unsaturated/α-hetero) is 1. The lowest BCUT2D eigenvalue weighted by atomic mass is 9.97. The molecule has 1 heterocycles. The van der Waals surface area contributed by atoms with Crippen molar-refractivity contribution in [3.05, 3.63) is 65.7 Å². The topological polar surface area (TPSA) is 91.8 Å². The number of likely N-dealkylation sites (tertiary alicyclic amines) is 1. The van der Waals surface area contributed by atoms with Gasteiger partial charge in [-0.1, -0.05) is 55.5 Å². The normalized spacial score (nSPS) is 16.9. The summed E-state index contributed by atoms with van der Waals surface area (Å²) in [6, 6.07) is 15.6. The van der Waals surface area contributed by atoms with Crippen LogP contribution in [0.1, 0.15) is 24.0 Å². The number of ketones is 1. The van der Waals surface area contributed by atoms with Crippen molar-refractivity contribution >= 4 is 33.3 Å². The summed E-state index contributed by atoms with van der Waals surface area (Å²) >= 11 is 0. The Balaban J connectivity index is 1.87. The summed E-state index contributed by atoms with van der Waals surface area (Å²) in [5.74, 6) is -3.02. The molecule has 2 aromatic carbocycles. The summed E-state index contributed by atoms with van der Waals surface area (Å²) in [7, 11) is -3.78. The van der Waals surface area contributed by atoms with E-state index in [1.165, 1.54) is 0 Å². The molecule has 2 amide bonds. The molecule has 3 rings (SSSR count). The minimum atomic E-state index is -3.78. The summed E-state index contributed by atoms with van der Waals surface area (Å²) in [4.78, 5) is 38.5. The second-order valence-electron chi connectivity index (χ2n) is 6.89. The summed E-state index contributed by atoms with van der Waals surface area (Å²) in [5.41, 5.74) is 1.80. The maximum Gasteiger partial charge on any atom is 0.297 e. The van der Waals surface area contributed by atoms with Crippen LogP contribution in [0.25, 0.3) is 0 Å². The number of rotatable bonds is 6.